The highest BCUT2D eigenvalue weighted by molar-refractivity contribution is 5.77. The van der Waals surface area contributed by atoms with Crippen molar-refractivity contribution in [3.63, 3.8) is 0 Å². The average Bonchev–Trinajstić information content (AvgIpc) is 2.71. The first-order valence-electron chi connectivity index (χ1n) is 5.63. The molecule has 5 nitrogen and oxygen atoms in total. The number of amides is 1. The Morgan fingerprint density at radius 2 is 2.05 bits per heavy atom. The van der Waals surface area contributed by atoms with Crippen molar-refractivity contribution in [3.05, 3.63) is 12.2 Å². The maximum absolute atomic E-state index is 11.7. The highest BCUT2D eigenvalue weighted by Crippen LogP contribution is 2.18. The number of hydrogen-bond acceptors (Lipinski definition) is 3. The lowest BCUT2D eigenvalue weighted by Crippen LogP contribution is -2.34. The Labute approximate surface area is 107 Å². The highest BCUT2D eigenvalue weighted by atomic mass is 19.4. The first-order valence-corrected chi connectivity index (χ1v) is 5.63. The van der Waals surface area contributed by atoms with E-state index < -0.39 is 36.6 Å². The minimum Gasteiger partial charge on any atom is -0.481 e. The van der Waals surface area contributed by atoms with Crippen LogP contribution in [0.2, 0.25) is 0 Å². The summed E-state index contributed by atoms with van der Waals surface area (Å²) in [6.07, 6.45) is -1.30. The fourth-order valence-corrected chi connectivity index (χ4v) is 1.62. The van der Waals surface area contributed by atoms with Gasteiger partial charge in [-0.2, -0.15) is 13.2 Å². The summed E-state index contributed by atoms with van der Waals surface area (Å²) in [5.74, 6) is -2.07. The maximum atomic E-state index is 11.7. The quantitative estimate of drug-likeness (QED) is 0.564. The molecule has 19 heavy (non-hydrogen) atoms. The Bertz CT molecular complexity index is 367. The van der Waals surface area contributed by atoms with Crippen molar-refractivity contribution in [1.82, 2.24) is 5.32 Å². The van der Waals surface area contributed by atoms with Crippen LogP contribution >= 0.6 is 0 Å². The summed E-state index contributed by atoms with van der Waals surface area (Å²) in [5.41, 5.74) is 0. The zero-order valence-electron chi connectivity index (χ0n) is 9.94. The molecule has 1 amide bonds. The molecule has 1 rings (SSSR count). The molecule has 2 unspecified atom stereocenters. The average molecular weight is 281 g/mol. The van der Waals surface area contributed by atoms with Gasteiger partial charge in [0.15, 0.2) is 0 Å². The summed E-state index contributed by atoms with van der Waals surface area (Å²) < 4.78 is 39.5. The third kappa shape index (κ3) is 6.23. The van der Waals surface area contributed by atoms with Gasteiger partial charge < -0.3 is 15.2 Å². The molecule has 0 heterocycles. The van der Waals surface area contributed by atoms with Gasteiger partial charge in [-0.1, -0.05) is 12.2 Å². The maximum Gasteiger partial charge on any atom is 0.411 e. The number of hydrogen-bond donors (Lipinski definition) is 2. The summed E-state index contributed by atoms with van der Waals surface area (Å²) >= 11 is 0. The molecular formula is C11H14F3NO4. The molecule has 0 aromatic heterocycles. The number of alkyl halides is 3. The van der Waals surface area contributed by atoms with E-state index in [1.165, 1.54) is 6.08 Å². The molecule has 0 saturated carbocycles. The summed E-state index contributed by atoms with van der Waals surface area (Å²) in [6.45, 7) is -1.71. The van der Waals surface area contributed by atoms with Gasteiger partial charge in [0, 0.05) is 12.5 Å². The van der Waals surface area contributed by atoms with Crippen LogP contribution in [0.25, 0.3) is 0 Å². The van der Waals surface area contributed by atoms with E-state index in [-0.39, 0.29) is 19.4 Å². The molecule has 0 aliphatic heterocycles. The van der Waals surface area contributed by atoms with Crippen LogP contribution in [0, 0.1) is 5.92 Å². The molecule has 0 aromatic rings. The smallest absolute Gasteiger partial charge is 0.411 e. The van der Waals surface area contributed by atoms with Gasteiger partial charge in [0.1, 0.15) is 6.61 Å². The molecular weight excluding hydrogens is 267 g/mol. The number of carbonyl (C=O) groups is 2. The third-order valence-electron chi connectivity index (χ3n) is 2.49. The highest BCUT2D eigenvalue weighted by Gasteiger charge is 2.28. The number of nitrogens with one attached hydrogen (secondary N) is 1. The van der Waals surface area contributed by atoms with Crippen molar-refractivity contribution in [2.75, 3.05) is 13.2 Å². The minimum atomic E-state index is -4.40. The van der Waals surface area contributed by atoms with Crippen molar-refractivity contribution in [3.8, 4) is 0 Å². The molecule has 1 aliphatic carbocycles. The van der Waals surface area contributed by atoms with Gasteiger partial charge in [-0.05, 0) is 6.42 Å². The van der Waals surface area contributed by atoms with Gasteiger partial charge in [-0.25, -0.2) is 0 Å². The van der Waals surface area contributed by atoms with Crippen molar-refractivity contribution in [2.45, 2.75) is 25.1 Å². The normalized spacial score (nSPS) is 22.5. The largest absolute Gasteiger partial charge is 0.481 e. The number of carbonyl (C=O) groups excluding carboxylic acids is 1. The summed E-state index contributed by atoms with van der Waals surface area (Å²) in [6, 6.07) is -0.392. The van der Waals surface area contributed by atoms with E-state index in [2.05, 4.69) is 10.1 Å². The second-order valence-corrected chi connectivity index (χ2v) is 4.16. The van der Waals surface area contributed by atoms with E-state index in [4.69, 9.17) is 5.11 Å². The van der Waals surface area contributed by atoms with Crippen molar-refractivity contribution in [2.24, 2.45) is 5.92 Å². The van der Waals surface area contributed by atoms with Crippen LogP contribution < -0.4 is 5.32 Å². The van der Waals surface area contributed by atoms with E-state index in [9.17, 15) is 22.8 Å². The topological polar surface area (TPSA) is 75.6 Å². The zero-order valence-corrected chi connectivity index (χ0v) is 9.94. The van der Waals surface area contributed by atoms with Gasteiger partial charge in [0.2, 0.25) is 5.91 Å². The van der Waals surface area contributed by atoms with Crippen LogP contribution in [-0.4, -0.2) is 42.4 Å². The molecule has 8 heteroatoms. The van der Waals surface area contributed by atoms with E-state index in [1.54, 1.807) is 6.08 Å². The van der Waals surface area contributed by atoms with E-state index in [1.807, 2.05) is 0 Å². The van der Waals surface area contributed by atoms with Gasteiger partial charge in [0.05, 0.1) is 12.5 Å². The molecule has 0 bridgehead atoms. The van der Waals surface area contributed by atoms with Crippen LogP contribution in [0.1, 0.15) is 12.8 Å². The second-order valence-electron chi connectivity index (χ2n) is 4.16. The number of carboxylic acids is 1. The summed E-state index contributed by atoms with van der Waals surface area (Å²) in [5, 5.41) is 11.2. The van der Waals surface area contributed by atoms with Gasteiger partial charge in [-0.15, -0.1) is 0 Å². The fourth-order valence-electron chi connectivity index (χ4n) is 1.62. The van der Waals surface area contributed by atoms with E-state index in [0.717, 1.165) is 0 Å². The number of ether oxygens (including phenoxy) is 1. The molecule has 108 valence electrons. The summed E-state index contributed by atoms with van der Waals surface area (Å²) in [4.78, 5) is 22.0. The van der Waals surface area contributed by atoms with Crippen LogP contribution in [-0.2, 0) is 14.3 Å². The van der Waals surface area contributed by atoms with E-state index >= 15 is 0 Å². The van der Waals surface area contributed by atoms with Gasteiger partial charge in [0.25, 0.3) is 0 Å². The van der Waals surface area contributed by atoms with E-state index in [0.29, 0.717) is 0 Å². The molecule has 0 fully saturated rings. The third-order valence-corrected chi connectivity index (χ3v) is 2.49. The minimum absolute atomic E-state index is 0.196. The first kappa shape index (κ1) is 15.5. The summed E-state index contributed by atoms with van der Waals surface area (Å²) in [7, 11) is 0. The van der Waals surface area contributed by atoms with Crippen molar-refractivity contribution in [1.29, 1.82) is 0 Å². The Morgan fingerprint density at radius 1 is 1.37 bits per heavy atom. The number of carboxylic acid groups (broad SMARTS) is 1. The number of halogens is 3. The van der Waals surface area contributed by atoms with Crippen molar-refractivity contribution < 1.29 is 32.6 Å². The second kappa shape index (κ2) is 6.55. The monoisotopic (exact) mass is 281 g/mol. The Balaban J connectivity index is 2.16. The zero-order chi connectivity index (χ0) is 14.5. The van der Waals surface area contributed by atoms with Gasteiger partial charge >= 0.3 is 12.1 Å². The first-order chi connectivity index (χ1) is 8.78. The number of aliphatic carboxylic acids is 1. The molecule has 0 radical (unpaired) electrons. The molecule has 1 aliphatic rings. The number of rotatable bonds is 6. The Kier molecular flexibility index (Phi) is 5.34. The SMILES string of the molecule is O=C(CCOCC(F)(F)F)NC1C=CC(C(=O)O)C1. The molecule has 0 saturated heterocycles. The van der Waals surface area contributed by atoms with Crippen LogP contribution in [0.3, 0.4) is 0 Å². The predicted molar refractivity (Wildman–Crippen MR) is 58.3 cm³/mol. The Hall–Kier alpha value is -1.57. The fraction of sp³-hybridized carbons (Fsp3) is 0.636. The molecule has 0 aromatic carbocycles. The lowest BCUT2D eigenvalue weighted by atomic mass is 10.1. The van der Waals surface area contributed by atoms with Gasteiger partial charge in [-0.3, -0.25) is 9.59 Å². The lowest BCUT2D eigenvalue weighted by molar-refractivity contribution is -0.174. The predicted octanol–water partition coefficient (Wildman–Crippen LogP) is 1.10. The molecule has 0 spiro atoms. The van der Waals surface area contributed by atoms with Crippen LogP contribution in [0.15, 0.2) is 12.2 Å². The Morgan fingerprint density at radius 3 is 2.58 bits per heavy atom. The van der Waals surface area contributed by atoms with Crippen LogP contribution in [0.5, 0.6) is 0 Å². The van der Waals surface area contributed by atoms with Crippen molar-refractivity contribution >= 4 is 11.9 Å². The molecule has 2 atom stereocenters. The standard InChI is InChI=1S/C11H14F3NO4/c12-11(13,14)6-19-4-3-9(16)15-8-2-1-7(5-8)10(17)18/h1-2,7-8H,3-6H2,(H,15,16)(H,17,18). The van der Waals surface area contributed by atoms with Crippen LogP contribution in [0.4, 0.5) is 13.2 Å². The lowest BCUT2D eigenvalue weighted by Gasteiger charge is -2.12. The molecule has 2 N–H and O–H groups in total.